The fraction of sp³-hybridized carbons (Fsp3) is 1.00. The number of hydrogen-bond donors (Lipinski definition) is 0. The maximum absolute atomic E-state index is 2.48. The van der Waals surface area contributed by atoms with E-state index < -0.39 is 0 Å². The molecule has 1 rings (SSSR count). The van der Waals surface area contributed by atoms with Gasteiger partial charge in [0.05, 0.1) is 0 Å². The molecule has 1 aliphatic rings. The van der Waals surface area contributed by atoms with E-state index in [2.05, 4.69) is 41.5 Å². The predicted molar refractivity (Wildman–Crippen MR) is 96.5 cm³/mol. The fourth-order valence-corrected chi connectivity index (χ4v) is 7.60. The quantitative estimate of drug-likeness (QED) is 0.521. The molecule has 1 heteroatoms. The Labute approximate surface area is 131 Å². The zero-order chi connectivity index (χ0) is 15.2. The molecular weight excluding hydrogens is 256 g/mol. The van der Waals surface area contributed by atoms with E-state index in [0.717, 1.165) is 11.1 Å². The van der Waals surface area contributed by atoms with Crippen molar-refractivity contribution in [3.63, 3.8) is 0 Å². The van der Waals surface area contributed by atoms with Crippen molar-refractivity contribution in [3.8, 4) is 0 Å². The Morgan fingerprint density at radius 3 is 1.35 bits per heavy atom. The Kier molecular flexibility index (Phi) is 7.32. The minimum Gasteiger partial charge on any atom is -0.0602 e. The second kappa shape index (κ2) is 8.01. The minimum atomic E-state index is 0.00672. The van der Waals surface area contributed by atoms with Crippen LogP contribution in [0.4, 0.5) is 0 Å². The summed E-state index contributed by atoms with van der Waals surface area (Å²) in [6.07, 6.45) is 13.6. The molecule has 0 amide bonds. The standard InChI is InChI=1S/C19H40Si/c1-18(2,3)17(19(4,5)6)20-16-14-12-10-8-7-9-11-13-15-16/h16-17H,7-15,20H2,1-6H3. The zero-order valence-corrected chi connectivity index (χ0v) is 16.6. The maximum Gasteiger partial charge on any atom is 0.0277 e. The molecule has 0 heterocycles. The molecule has 0 radical (unpaired) electrons. The third-order valence-electron chi connectivity index (χ3n) is 5.38. The van der Waals surface area contributed by atoms with E-state index in [9.17, 15) is 0 Å². The van der Waals surface area contributed by atoms with Gasteiger partial charge >= 0.3 is 0 Å². The van der Waals surface area contributed by atoms with Crippen LogP contribution in [0.3, 0.4) is 0 Å². The summed E-state index contributed by atoms with van der Waals surface area (Å²) in [7, 11) is 0.00672. The first-order valence-electron chi connectivity index (χ1n) is 9.21. The van der Waals surface area contributed by atoms with Crippen molar-refractivity contribution in [2.45, 2.75) is 110 Å². The van der Waals surface area contributed by atoms with Crippen LogP contribution in [0.5, 0.6) is 0 Å². The van der Waals surface area contributed by atoms with Gasteiger partial charge in [0, 0.05) is 9.52 Å². The Hall–Kier alpha value is 0.217. The van der Waals surface area contributed by atoms with Crippen molar-refractivity contribution in [3.05, 3.63) is 0 Å². The first kappa shape index (κ1) is 18.3. The normalized spacial score (nSPS) is 21.8. The molecule has 0 spiro atoms. The molecule has 0 bridgehead atoms. The molecule has 20 heavy (non-hydrogen) atoms. The molecule has 1 aliphatic carbocycles. The van der Waals surface area contributed by atoms with Gasteiger partial charge in [0.15, 0.2) is 0 Å². The largest absolute Gasteiger partial charge is 0.0602 e. The molecule has 0 aromatic rings. The Balaban J connectivity index is 2.64. The lowest BCUT2D eigenvalue weighted by Crippen LogP contribution is -2.33. The third kappa shape index (κ3) is 6.78. The number of rotatable bonds is 2. The first-order chi connectivity index (χ1) is 9.21. The van der Waals surface area contributed by atoms with Gasteiger partial charge in [0.25, 0.3) is 0 Å². The maximum atomic E-state index is 2.48. The summed E-state index contributed by atoms with van der Waals surface area (Å²) in [6, 6.07) is 0. The van der Waals surface area contributed by atoms with E-state index in [4.69, 9.17) is 0 Å². The highest BCUT2D eigenvalue weighted by Gasteiger charge is 2.36. The summed E-state index contributed by atoms with van der Waals surface area (Å²) in [5, 5.41) is 0. The highest BCUT2D eigenvalue weighted by molar-refractivity contribution is 6.40. The van der Waals surface area contributed by atoms with E-state index in [1.807, 2.05) is 0 Å². The Bertz CT molecular complexity index is 232. The van der Waals surface area contributed by atoms with Crippen molar-refractivity contribution in [2.24, 2.45) is 10.8 Å². The molecule has 1 fully saturated rings. The fourth-order valence-electron chi connectivity index (χ4n) is 4.47. The lowest BCUT2D eigenvalue weighted by molar-refractivity contribution is 0.229. The number of hydrogen-bond acceptors (Lipinski definition) is 0. The molecule has 0 N–H and O–H groups in total. The smallest absolute Gasteiger partial charge is 0.0277 e. The van der Waals surface area contributed by atoms with E-state index >= 15 is 0 Å². The predicted octanol–water partition coefficient (Wildman–Crippen LogP) is 6.35. The van der Waals surface area contributed by atoms with Crippen LogP contribution in [0, 0.1) is 10.8 Å². The summed E-state index contributed by atoms with van der Waals surface area (Å²) < 4.78 is 0. The summed E-state index contributed by atoms with van der Waals surface area (Å²) in [5.74, 6) is 0. The van der Waals surface area contributed by atoms with E-state index in [0.29, 0.717) is 10.8 Å². The van der Waals surface area contributed by atoms with Gasteiger partial charge < -0.3 is 0 Å². The average Bonchev–Trinajstić information content (AvgIpc) is 2.30. The van der Waals surface area contributed by atoms with Crippen LogP contribution in [-0.2, 0) is 0 Å². The molecule has 120 valence electrons. The van der Waals surface area contributed by atoms with E-state index in [1.165, 1.54) is 44.9 Å². The van der Waals surface area contributed by atoms with Crippen LogP contribution >= 0.6 is 0 Å². The zero-order valence-electron chi connectivity index (χ0n) is 15.2. The molecular formula is C19H40Si. The van der Waals surface area contributed by atoms with E-state index in [-0.39, 0.29) is 9.52 Å². The highest BCUT2D eigenvalue weighted by atomic mass is 28.2. The van der Waals surface area contributed by atoms with Crippen LogP contribution in [0.25, 0.3) is 0 Å². The monoisotopic (exact) mass is 296 g/mol. The molecule has 0 nitrogen and oxygen atoms in total. The Morgan fingerprint density at radius 1 is 0.650 bits per heavy atom. The minimum absolute atomic E-state index is 0.00672. The van der Waals surface area contributed by atoms with Gasteiger partial charge in [0.2, 0.25) is 0 Å². The first-order valence-corrected chi connectivity index (χ1v) is 10.8. The summed E-state index contributed by atoms with van der Waals surface area (Å²) >= 11 is 0. The van der Waals surface area contributed by atoms with Gasteiger partial charge in [-0.2, -0.15) is 0 Å². The van der Waals surface area contributed by atoms with Crippen LogP contribution < -0.4 is 0 Å². The van der Waals surface area contributed by atoms with Crippen molar-refractivity contribution >= 4 is 9.52 Å². The second-order valence-electron chi connectivity index (χ2n) is 9.44. The Morgan fingerprint density at radius 2 is 1.00 bits per heavy atom. The molecule has 1 saturated carbocycles. The summed E-state index contributed by atoms with van der Waals surface area (Å²) in [6.45, 7) is 14.9. The van der Waals surface area contributed by atoms with Crippen LogP contribution in [0.1, 0.15) is 99.3 Å². The second-order valence-corrected chi connectivity index (χ2v) is 11.9. The average molecular weight is 297 g/mol. The lowest BCUT2D eigenvalue weighted by Gasteiger charge is -2.42. The van der Waals surface area contributed by atoms with Crippen molar-refractivity contribution in [2.75, 3.05) is 0 Å². The van der Waals surface area contributed by atoms with Gasteiger partial charge in [-0.05, 0) is 16.4 Å². The molecule has 0 aromatic heterocycles. The van der Waals surface area contributed by atoms with Crippen molar-refractivity contribution in [1.82, 2.24) is 0 Å². The topological polar surface area (TPSA) is 0 Å². The molecule has 0 atom stereocenters. The van der Waals surface area contributed by atoms with Gasteiger partial charge in [-0.3, -0.25) is 0 Å². The van der Waals surface area contributed by atoms with Crippen LogP contribution in [-0.4, -0.2) is 9.52 Å². The molecule has 0 aliphatic heterocycles. The van der Waals surface area contributed by atoms with Crippen LogP contribution in [0.15, 0.2) is 0 Å². The van der Waals surface area contributed by atoms with Gasteiger partial charge in [-0.1, -0.05) is 105 Å². The van der Waals surface area contributed by atoms with Gasteiger partial charge in [0.1, 0.15) is 0 Å². The van der Waals surface area contributed by atoms with Crippen LogP contribution in [0.2, 0.25) is 11.1 Å². The van der Waals surface area contributed by atoms with Gasteiger partial charge in [-0.25, -0.2) is 0 Å². The summed E-state index contributed by atoms with van der Waals surface area (Å²) in [4.78, 5) is 0. The van der Waals surface area contributed by atoms with Gasteiger partial charge in [-0.15, -0.1) is 0 Å². The summed E-state index contributed by atoms with van der Waals surface area (Å²) in [5.41, 5.74) is 3.10. The lowest BCUT2D eigenvalue weighted by atomic mass is 9.77. The van der Waals surface area contributed by atoms with E-state index in [1.54, 1.807) is 12.8 Å². The molecule has 0 aromatic carbocycles. The third-order valence-corrected chi connectivity index (χ3v) is 9.79. The molecule has 0 saturated heterocycles. The molecule has 0 unspecified atom stereocenters. The SMILES string of the molecule is CC(C)(C)C([SiH2]C1CCCCCCCCC1)C(C)(C)C. The van der Waals surface area contributed by atoms with Crippen molar-refractivity contribution in [1.29, 1.82) is 0 Å². The van der Waals surface area contributed by atoms with Crippen molar-refractivity contribution < 1.29 is 0 Å². The highest BCUT2D eigenvalue weighted by Crippen LogP contribution is 2.47.